The molecule has 1 heterocycles. The molecule has 1 saturated heterocycles. The van der Waals surface area contributed by atoms with Gasteiger partial charge in [-0.3, -0.25) is 0 Å². The van der Waals surface area contributed by atoms with Crippen LogP contribution in [0.1, 0.15) is 73.6 Å². The first-order valence-corrected chi connectivity index (χ1v) is 7.69. The second-order valence-corrected chi connectivity index (χ2v) is 7.16. The van der Waals surface area contributed by atoms with Crippen molar-refractivity contribution in [1.29, 1.82) is 0 Å². The highest BCUT2D eigenvalue weighted by molar-refractivity contribution is 5.00. The summed E-state index contributed by atoms with van der Waals surface area (Å²) in [6.07, 6.45) is 6.10. The van der Waals surface area contributed by atoms with Gasteiger partial charge in [0.1, 0.15) is 0 Å². The van der Waals surface area contributed by atoms with Gasteiger partial charge in [0.05, 0.1) is 11.2 Å². The first kappa shape index (κ1) is 16.0. The van der Waals surface area contributed by atoms with Crippen LogP contribution in [0, 0.1) is 11.8 Å². The molecule has 1 aliphatic rings. The van der Waals surface area contributed by atoms with E-state index in [1.807, 2.05) is 0 Å². The van der Waals surface area contributed by atoms with Crippen LogP contribution in [0.25, 0.3) is 0 Å². The molecule has 0 spiro atoms. The molecule has 0 aromatic heterocycles. The van der Waals surface area contributed by atoms with Gasteiger partial charge >= 0.3 is 0 Å². The fourth-order valence-electron chi connectivity index (χ4n) is 3.67. The molecular weight excluding hydrogens is 222 g/mol. The standard InChI is InChI=1S/C16H33NO/c1-7-9-10-12(8-2)14(17)13-11-15(3,4)18-16(13,5)6/h12-14H,7-11,17H2,1-6H3. The molecule has 0 amide bonds. The predicted molar refractivity (Wildman–Crippen MR) is 78.6 cm³/mol. The van der Waals surface area contributed by atoms with E-state index in [4.69, 9.17) is 10.5 Å². The molecular formula is C16H33NO. The van der Waals surface area contributed by atoms with Gasteiger partial charge in [-0.05, 0) is 46.5 Å². The molecule has 2 nitrogen and oxygen atoms in total. The molecule has 0 aliphatic carbocycles. The molecule has 0 aromatic rings. The summed E-state index contributed by atoms with van der Waals surface area (Å²) in [5.41, 5.74) is 6.49. The minimum absolute atomic E-state index is 0.0190. The summed E-state index contributed by atoms with van der Waals surface area (Å²) in [5.74, 6) is 1.13. The van der Waals surface area contributed by atoms with E-state index < -0.39 is 0 Å². The van der Waals surface area contributed by atoms with E-state index in [-0.39, 0.29) is 17.2 Å². The largest absolute Gasteiger partial charge is 0.369 e. The lowest BCUT2D eigenvalue weighted by Crippen LogP contribution is -2.45. The van der Waals surface area contributed by atoms with E-state index in [1.165, 1.54) is 25.7 Å². The third-order valence-electron chi connectivity index (χ3n) is 4.61. The van der Waals surface area contributed by atoms with Crippen molar-refractivity contribution in [2.75, 3.05) is 0 Å². The molecule has 0 aromatic carbocycles. The minimum atomic E-state index is -0.0808. The van der Waals surface area contributed by atoms with Crippen molar-refractivity contribution in [3.8, 4) is 0 Å². The molecule has 1 aliphatic heterocycles. The zero-order chi connectivity index (χ0) is 14.0. The Morgan fingerprint density at radius 1 is 1.22 bits per heavy atom. The summed E-state index contributed by atoms with van der Waals surface area (Å²) in [6, 6.07) is 0.276. The Morgan fingerprint density at radius 2 is 1.83 bits per heavy atom. The SMILES string of the molecule is CCCCC(CC)C(N)C1CC(C)(C)OC1(C)C. The van der Waals surface area contributed by atoms with Crippen LogP contribution in [0.4, 0.5) is 0 Å². The van der Waals surface area contributed by atoms with E-state index >= 15 is 0 Å². The van der Waals surface area contributed by atoms with Crippen molar-refractivity contribution in [1.82, 2.24) is 0 Å². The summed E-state index contributed by atoms with van der Waals surface area (Å²) >= 11 is 0. The van der Waals surface area contributed by atoms with Crippen molar-refractivity contribution in [2.24, 2.45) is 17.6 Å². The second-order valence-electron chi connectivity index (χ2n) is 7.16. The molecule has 0 bridgehead atoms. The van der Waals surface area contributed by atoms with Gasteiger partial charge in [-0.1, -0.05) is 33.1 Å². The van der Waals surface area contributed by atoms with Gasteiger partial charge in [-0.2, -0.15) is 0 Å². The molecule has 3 unspecified atom stereocenters. The number of ether oxygens (including phenoxy) is 1. The maximum absolute atomic E-state index is 6.59. The van der Waals surface area contributed by atoms with Gasteiger partial charge in [0.2, 0.25) is 0 Å². The van der Waals surface area contributed by atoms with Gasteiger partial charge in [-0.25, -0.2) is 0 Å². The maximum atomic E-state index is 6.59. The molecule has 108 valence electrons. The van der Waals surface area contributed by atoms with Crippen LogP contribution >= 0.6 is 0 Å². The van der Waals surface area contributed by atoms with Crippen molar-refractivity contribution < 1.29 is 4.74 Å². The van der Waals surface area contributed by atoms with Crippen LogP contribution in [0.5, 0.6) is 0 Å². The van der Waals surface area contributed by atoms with E-state index in [0.717, 1.165) is 6.42 Å². The number of unbranched alkanes of at least 4 members (excludes halogenated alkanes) is 1. The fraction of sp³-hybridized carbons (Fsp3) is 1.00. The quantitative estimate of drug-likeness (QED) is 0.774. The molecule has 0 saturated carbocycles. The Kier molecular flexibility index (Phi) is 5.25. The van der Waals surface area contributed by atoms with E-state index in [9.17, 15) is 0 Å². The number of nitrogens with two attached hydrogens (primary N) is 1. The van der Waals surface area contributed by atoms with Crippen LogP contribution in [-0.2, 0) is 4.74 Å². The highest BCUT2D eigenvalue weighted by Gasteiger charge is 2.49. The number of hydrogen-bond acceptors (Lipinski definition) is 2. The lowest BCUT2D eigenvalue weighted by atomic mass is 9.75. The number of rotatable bonds is 6. The Labute approximate surface area is 114 Å². The monoisotopic (exact) mass is 255 g/mol. The molecule has 2 N–H and O–H groups in total. The molecule has 0 radical (unpaired) electrons. The van der Waals surface area contributed by atoms with Crippen LogP contribution < -0.4 is 5.73 Å². The van der Waals surface area contributed by atoms with Gasteiger partial charge in [-0.15, -0.1) is 0 Å². The van der Waals surface area contributed by atoms with Crippen LogP contribution in [-0.4, -0.2) is 17.2 Å². The number of hydrogen-bond donors (Lipinski definition) is 1. The minimum Gasteiger partial charge on any atom is -0.369 e. The Morgan fingerprint density at radius 3 is 2.22 bits per heavy atom. The summed E-state index contributed by atoms with van der Waals surface area (Å²) in [7, 11) is 0. The molecule has 1 rings (SSSR count). The summed E-state index contributed by atoms with van der Waals surface area (Å²) in [5, 5.41) is 0. The summed E-state index contributed by atoms with van der Waals surface area (Å²) in [4.78, 5) is 0. The van der Waals surface area contributed by atoms with Crippen LogP contribution in [0.3, 0.4) is 0 Å². The Bertz CT molecular complexity index is 260. The third kappa shape index (κ3) is 3.71. The summed E-state index contributed by atoms with van der Waals surface area (Å²) < 4.78 is 6.19. The van der Waals surface area contributed by atoms with Crippen molar-refractivity contribution in [3.63, 3.8) is 0 Å². The Balaban J connectivity index is 2.72. The third-order valence-corrected chi connectivity index (χ3v) is 4.61. The smallest absolute Gasteiger partial charge is 0.0677 e. The van der Waals surface area contributed by atoms with Gasteiger partial charge in [0.25, 0.3) is 0 Å². The average molecular weight is 255 g/mol. The molecule has 3 atom stereocenters. The zero-order valence-electron chi connectivity index (χ0n) is 13.3. The molecule has 1 fully saturated rings. The van der Waals surface area contributed by atoms with E-state index in [0.29, 0.717) is 11.8 Å². The van der Waals surface area contributed by atoms with Crippen molar-refractivity contribution in [2.45, 2.75) is 90.9 Å². The highest BCUT2D eigenvalue weighted by Crippen LogP contribution is 2.45. The van der Waals surface area contributed by atoms with Gasteiger partial charge < -0.3 is 10.5 Å². The highest BCUT2D eigenvalue weighted by atomic mass is 16.5. The van der Waals surface area contributed by atoms with Crippen molar-refractivity contribution in [3.05, 3.63) is 0 Å². The molecule has 18 heavy (non-hydrogen) atoms. The lowest BCUT2D eigenvalue weighted by molar-refractivity contribution is -0.0783. The zero-order valence-corrected chi connectivity index (χ0v) is 13.3. The summed E-state index contributed by atoms with van der Waals surface area (Å²) in [6.45, 7) is 13.3. The first-order valence-electron chi connectivity index (χ1n) is 7.69. The second kappa shape index (κ2) is 5.92. The van der Waals surface area contributed by atoms with E-state index in [1.54, 1.807) is 0 Å². The van der Waals surface area contributed by atoms with Crippen molar-refractivity contribution >= 4 is 0 Å². The van der Waals surface area contributed by atoms with Crippen LogP contribution in [0.15, 0.2) is 0 Å². The van der Waals surface area contributed by atoms with Crippen LogP contribution in [0.2, 0.25) is 0 Å². The average Bonchev–Trinajstić information content (AvgIpc) is 2.47. The van der Waals surface area contributed by atoms with Gasteiger partial charge in [0.15, 0.2) is 0 Å². The van der Waals surface area contributed by atoms with E-state index in [2.05, 4.69) is 41.5 Å². The van der Waals surface area contributed by atoms with Gasteiger partial charge in [0, 0.05) is 12.0 Å². The Hall–Kier alpha value is -0.0800. The predicted octanol–water partition coefficient (Wildman–Crippen LogP) is 4.12. The normalized spacial score (nSPS) is 29.2. The fourth-order valence-corrected chi connectivity index (χ4v) is 3.67. The topological polar surface area (TPSA) is 35.2 Å². The lowest BCUT2D eigenvalue weighted by Gasteiger charge is -2.35. The molecule has 2 heteroatoms. The first-order chi connectivity index (χ1) is 8.23. The maximum Gasteiger partial charge on any atom is 0.0677 e.